The zero-order valence-corrected chi connectivity index (χ0v) is 14.6. The lowest BCUT2D eigenvalue weighted by atomic mass is 9.74. The number of rotatable bonds is 8. The minimum atomic E-state index is -4.17. The molecule has 0 saturated carbocycles. The largest absolute Gasteiger partial charge is 0.397 e. The maximum atomic E-state index is 9.56. The fraction of sp³-hybridized carbons (Fsp3) is 0.412. The van der Waals surface area contributed by atoms with Gasteiger partial charge in [0.2, 0.25) is 0 Å². The predicted octanol–water partition coefficient (Wildman–Crippen LogP) is 3.67. The summed E-state index contributed by atoms with van der Waals surface area (Å²) in [6, 6.07) is 10.2. The molecular weight excluding hydrogens is 314 g/mol. The van der Waals surface area contributed by atoms with E-state index in [0.717, 1.165) is 12.8 Å². The molecule has 0 amide bonds. The van der Waals surface area contributed by atoms with Gasteiger partial charge in [0.05, 0.1) is 6.61 Å². The summed E-state index contributed by atoms with van der Waals surface area (Å²) < 4.78 is 30.7. The van der Waals surface area contributed by atoms with Crippen LogP contribution in [0.3, 0.4) is 0 Å². The third-order valence-electron chi connectivity index (χ3n) is 3.40. The zero-order chi connectivity index (χ0) is 17.9. The van der Waals surface area contributed by atoms with E-state index in [0.29, 0.717) is 0 Å². The highest BCUT2D eigenvalue weighted by molar-refractivity contribution is 7.80. The molecule has 6 heteroatoms. The summed E-state index contributed by atoms with van der Waals surface area (Å²) in [5.41, 5.74) is 7.53. The van der Waals surface area contributed by atoms with E-state index in [4.69, 9.17) is 10.3 Å². The number of nitrogens with two attached hydrogens (primary N) is 1. The van der Waals surface area contributed by atoms with Crippen molar-refractivity contribution in [1.82, 2.24) is 0 Å². The van der Waals surface area contributed by atoms with E-state index in [2.05, 4.69) is 36.4 Å². The average Bonchev–Trinajstić information content (AvgIpc) is 2.47. The Morgan fingerprint density at radius 1 is 1.26 bits per heavy atom. The molecule has 1 aromatic rings. The second-order valence-corrected chi connectivity index (χ2v) is 6.45. The van der Waals surface area contributed by atoms with Crippen LogP contribution < -0.4 is 5.73 Å². The first-order valence-electron chi connectivity index (χ1n) is 7.34. The Labute approximate surface area is 139 Å². The lowest BCUT2D eigenvalue weighted by Gasteiger charge is -2.34. The molecule has 23 heavy (non-hydrogen) atoms. The van der Waals surface area contributed by atoms with Gasteiger partial charge in [-0.3, -0.25) is 4.55 Å². The van der Waals surface area contributed by atoms with E-state index in [1.165, 1.54) is 12.5 Å². The molecule has 0 saturated heterocycles. The predicted molar refractivity (Wildman–Crippen MR) is 94.3 cm³/mol. The van der Waals surface area contributed by atoms with Gasteiger partial charge in [0.15, 0.2) is 0 Å². The molecule has 0 aromatic heterocycles. The number of hydrogen-bond acceptors (Lipinski definition) is 4. The molecule has 0 fully saturated rings. The van der Waals surface area contributed by atoms with Crippen molar-refractivity contribution in [3.05, 3.63) is 61.2 Å². The van der Waals surface area contributed by atoms with E-state index in [1.54, 1.807) is 0 Å². The number of benzene rings is 1. The molecule has 0 bridgehead atoms. The Morgan fingerprint density at radius 3 is 2.04 bits per heavy atom. The van der Waals surface area contributed by atoms with Crippen LogP contribution in [0.15, 0.2) is 55.6 Å². The first-order valence-corrected chi connectivity index (χ1v) is 8.70. The topological polar surface area (TPSA) is 89.6 Å². The van der Waals surface area contributed by atoms with E-state index in [-0.39, 0.29) is 18.1 Å². The van der Waals surface area contributed by atoms with Gasteiger partial charge in [-0.25, -0.2) is 4.18 Å². The van der Waals surface area contributed by atoms with Crippen LogP contribution in [0.2, 0.25) is 0 Å². The molecule has 0 spiro atoms. The van der Waals surface area contributed by atoms with Gasteiger partial charge in [-0.2, -0.15) is 8.42 Å². The summed E-state index contributed by atoms with van der Waals surface area (Å²) in [6.07, 6.45) is 5.67. The molecule has 0 aliphatic carbocycles. The molecule has 0 aliphatic rings. The number of hydrogen-bond donors (Lipinski definition) is 2. The van der Waals surface area contributed by atoms with Crippen LogP contribution in [0.4, 0.5) is 0 Å². The van der Waals surface area contributed by atoms with Crippen LogP contribution in [0.5, 0.6) is 0 Å². The second-order valence-electron chi connectivity index (χ2n) is 5.36. The summed E-state index contributed by atoms with van der Waals surface area (Å²) in [5.74, 6) is 0. The Bertz CT molecular complexity index is 560. The molecule has 1 atom stereocenters. The van der Waals surface area contributed by atoms with Crippen LogP contribution >= 0.6 is 0 Å². The van der Waals surface area contributed by atoms with Gasteiger partial charge in [-0.05, 0) is 30.7 Å². The van der Waals surface area contributed by atoms with Crippen LogP contribution in [-0.2, 0) is 14.6 Å². The van der Waals surface area contributed by atoms with Gasteiger partial charge in [0.1, 0.15) is 0 Å². The molecule has 0 radical (unpaired) electrons. The van der Waals surface area contributed by atoms with E-state index in [9.17, 15) is 8.42 Å². The first-order chi connectivity index (χ1) is 10.7. The SMILES string of the molecule is C=CCC(C)(CC=C)C(N)c1ccccc1.CCOS(=O)(=O)O. The van der Waals surface area contributed by atoms with Crippen LogP contribution in [0, 0.1) is 5.41 Å². The lowest BCUT2D eigenvalue weighted by Crippen LogP contribution is -2.31. The highest BCUT2D eigenvalue weighted by Gasteiger charge is 2.30. The molecule has 130 valence electrons. The molecule has 1 unspecified atom stereocenters. The summed E-state index contributed by atoms with van der Waals surface area (Å²) in [4.78, 5) is 0. The third kappa shape index (κ3) is 8.66. The van der Waals surface area contributed by atoms with Crippen LogP contribution in [0.25, 0.3) is 0 Å². The molecule has 0 heterocycles. The van der Waals surface area contributed by atoms with Gasteiger partial charge >= 0.3 is 10.4 Å². The highest BCUT2D eigenvalue weighted by atomic mass is 32.3. The summed E-state index contributed by atoms with van der Waals surface area (Å²) >= 11 is 0. The smallest absolute Gasteiger partial charge is 0.323 e. The second kappa shape index (κ2) is 10.3. The standard InChI is InChI=1S/C15H21N.C2H6O4S/c1-4-11-15(3,12-5-2)14(16)13-9-7-6-8-10-13;1-2-6-7(3,4)5/h4-10,14H,1-2,11-12,16H2,3H3;2H2,1H3,(H,3,4,5). The summed E-state index contributed by atoms with van der Waals surface area (Å²) in [6.45, 7) is 11.3. The highest BCUT2D eigenvalue weighted by Crippen LogP contribution is 2.38. The van der Waals surface area contributed by atoms with Gasteiger partial charge in [0, 0.05) is 6.04 Å². The molecule has 1 aromatic carbocycles. The monoisotopic (exact) mass is 341 g/mol. The van der Waals surface area contributed by atoms with Gasteiger partial charge in [-0.1, -0.05) is 49.4 Å². The van der Waals surface area contributed by atoms with Crippen molar-refractivity contribution in [2.45, 2.75) is 32.7 Å². The molecule has 5 nitrogen and oxygen atoms in total. The quantitative estimate of drug-likeness (QED) is 0.556. The van der Waals surface area contributed by atoms with Crippen LogP contribution in [0.1, 0.15) is 38.3 Å². The van der Waals surface area contributed by atoms with Crippen molar-refractivity contribution in [1.29, 1.82) is 0 Å². The normalized spacial score (nSPS) is 12.7. The Hall–Kier alpha value is -1.47. The maximum absolute atomic E-state index is 9.56. The molecule has 1 rings (SSSR count). The van der Waals surface area contributed by atoms with E-state index in [1.807, 2.05) is 30.4 Å². The van der Waals surface area contributed by atoms with Gasteiger partial charge in [0.25, 0.3) is 0 Å². The summed E-state index contributed by atoms with van der Waals surface area (Å²) in [5, 5.41) is 0. The zero-order valence-electron chi connectivity index (χ0n) is 13.8. The van der Waals surface area contributed by atoms with Crippen LogP contribution in [-0.4, -0.2) is 19.6 Å². The van der Waals surface area contributed by atoms with Crippen molar-refractivity contribution < 1.29 is 17.2 Å². The molecule has 0 aliphatic heterocycles. The third-order valence-corrected chi connectivity index (χ3v) is 3.93. The van der Waals surface area contributed by atoms with Crippen molar-refractivity contribution in [3.8, 4) is 0 Å². The minimum absolute atomic E-state index is 0.00481. The Balaban J connectivity index is 0.000000585. The average molecular weight is 341 g/mol. The Morgan fingerprint density at radius 2 is 1.74 bits per heavy atom. The fourth-order valence-electron chi connectivity index (χ4n) is 2.21. The van der Waals surface area contributed by atoms with Crippen molar-refractivity contribution in [2.75, 3.05) is 6.61 Å². The summed E-state index contributed by atoms with van der Waals surface area (Å²) in [7, 11) is -4.17. The minimum Gasteiger partial charge on any atom is -0.323 e. The maximum Gasteiger partial charge on any atom is 0.397 e. The lowest BCUT2D eigenvalue weighted by molar-refractivity contribution is 0.262. The van der Waals surface area contributed by atoms with Gasteiger partial charge in [-0.15, -0.1) is 13.2 Å². The van der Waals surface area contributed by atoms with Crippen molar-refractivity contribution >= 4 is 10.4 Å². The van der Waals surface area contributed by atoms with Crippen molar-refractivity contribution in [3.63, 3.8) is 0 Å². The molecule has 3 N–H and O–H groups in total. The van der Waals surface area contributed by atoms with Crippen molar-refractivity contribution in [2.24, 2.45) is 11.1 Å². The Kier molecular flexibility index (Phi) is 9.67. The first kappa shape index (κ1) is 21.5. The van der Waals surface area contributed by atoms with E-state index >= 15 is 0 Å². The molecular formula is C17H27NO4S. The fourth-order valence-corrected chi connectivity index (χ4v) is 2.51. The van der Waals surface area contributed by atoms with E-state index < -0.39 is 10.4 Å². The number of allylic oxidation sites excluding steroid dienone is 2. The van der Waals surface area contributed by atoms with Gasteiger partial charge < -0.3 is 5.73 Å².